The van der Waals surface area contributed by atoms with E-state index < -0.39 is 17.7 Å². The zero-order valence-corrected chi connectivity index (χ0v) is 16.6. The minimum atomic E-state index is -0.675. The molecule has 0 bridgehead atoms. The summed E-state index contributed by atoms with van der Waals surface area (Å²) in [6, 6.07) is 13.9. The van der Waals surface area contributed by atoms with Gasteiger partial charge in [0.25, 0.3) is 11.7 Å². The molecule has 0 spiro atoms. The number of aliphatic hydroxyl groups is 1. The van der Waals surface area contributed by atoms with Crippen molar-refractivity contribution in [3.63, 3.8) is 0 Å². The summed E-state index contributed by atoms with van der Waals surface area (Å²) in [5.74, 6) is -0.377. The number of rotatable bonds is 5. The van der Waals surface area contributed by atoms with Crippen LogP contribution in [0.5, 0.6) is 5.75 Å². The number of aryl methyl sites for hydroxylation is 1. The number of Topliss-reactive ketones (excluding diaryl/α,β-unsaturated/α-hetero) is 1. The number of likely N-dealkylation sites (N-methyl/N-ethyl adjacent to an activating group) is 1. The van der Waals surface area contributed by atoms with E-state index in [4.69, 9.17) is 4.74 Å². The van der Waals surface area contributed by atoms with Crippen molar-refractivity contribution in [2.24, 2.45) is 5.92 Å². The zero-order valence-electron chi connectivity index (χ0n) is 16.6. The molecule has 5 heteroatoms. The first-order valence-corrected chi connectivity index (χ1v) is 9.34. The van der Waals surface area contributed by atoms with E-state index in [2.05, 4.69) is 13.8 Å². The smallest absolute Gasteiger partial charge is 0.295 e. The number of nitrogens with zero attached hydrogens (tertiary/aromatic N) is 1. The molecule has 0 radical (unpaired) electrons. The number of carbonyl (C=O) groups is 2. The molecule has 28 heavy (non-hydrogen) atoms. The van der Waals surface area contributed by atoms with Gasteiger partial charge in [-0.2, -0.15) is 0 Å². The third kappa shape index (κ3) is 3.79. The molecule has 2 aromatic rings. The minimum absolute atomic E-state index is 0.104. The quantitative estimate of drug-likeness (QED) is 0.483. The average molecular weight is 379 g/mol. The number of benzene rings is 2. The van der Waals surface area contributed by atoms with E-state index in [1.807, 2.05) is 31.2 Å². The highest BCUT2D eigenvalue weighted by Crippen LogP contribution is 2.38. The summed E-state index contributed by atoms with van der Waals surface area (Å²) in [6.07, 6.45) is 0. The number of hydrogen-bond acceptors (Lipinski definition) is 4. The van der Waals surface area contributed by atoms with Crippen molar-refractivity contribution in [2.75, 3.05) is 13.7 Å². The molecule has 146 valence electrons. The number of amides is 1. The second-order valence-electron chi connectivity index (χ2n) is 7.55. The van der Waals surface area contributed by atoms with Crippen LogP contribution >= 0.6 is 0 Å². The number of carbonyl (C=O) groups excluding carboxylic acids is 2. The van der Waals surface area contributed by atoms with Crippen LogP contribution in [0.4, 0.5) is 0 Å². The fraction of sp³-hybridized carbons (Fsp3) is 0.304. The van der Waals surface area contributed by atoms with Gasteiger partial charge in [-0.3, -0.25) is 9.59 Å². The summed E-state index contributed by atoms with van der Waals surface area (Å²) in [7, 11) is 1.58. The van der Waals surface area contributed by atoms with Crippen molar-refractivity contribution in [1.29, 1.82) is 0 Å². The Morgan fingerprint density at radius 1 is 1.07 bits per heavy atom. The molecular formula is C23H25NO4. The van der Waals surface area contributed by atoms with Gasteiger partial charge >= 0.3 is 0 Å². The molecule has 1 N–H and O–H groups in total. The van der Waals surface area contributed by atoms with Gasteiger partial charge < -0.3 is 14.7 Å². The SMILES string of the molecule is Cc1ccc(C2C(=C(O)c3ccc(OCC(C)C)cc3)C(=O)C(=O)N2C)cc1. The van der Waals surface area contributed by atoms with Crippen LogP contribution in [0.15, 0.2) is 54.1 Å². The Morgan fingerprint density at radius 2 is 1.68 bits per heavy atom. The van der Waals surface area contributed by atoms with Gasteiger partial charge in [-0.05, 0) is 42.7 Å². The number of hydrogen-bond donors (Lipinski definition) is 1. The summed E-state index contributed by atoms with van der Waals surface area (Å²) >= 11 is 0. The van der Waals surface area contributed by atoms with E-state index in [0.717, 1.165) is 11.1 Å². The van der Waals surface area contributed by atoms with E-state index in [1.165, 1.54) is 4.90 Å². The van der Waals surface area contributed by atoms with Crippen LogP contribution < -0.4 is 4.74 Å². The van der Waals surface area contributed by atoms with Crippen LogP contribution in [0.25, 0.3) is 5.76 Å². The summed E-state index contributed by atoms with van der Waals surface area (Å²) in [6.45, 7) is 6.69. The third-order valence-electron chi connectivity index (χ3n) is 4.78. The molecular weight excluding hydrogens is 354 g/mol. The highest BCUT2D eigenvalue weighted by atomic mass is 16.5. The van der Waals surface area contributed by atoms with E-state index in [9.17, 15) is 14.7 Å². The van der Waals surface area contributed by atoms with Crippen molar-refractivity contribution >= 4 is 17.4 Å². The maximum absolute atomic E-state index is 12.6. The molecule has 1 heterocycles. The van der Waals surface area contributed by atoms with Gasteiger partial charge in [0.05, 0.1) is 18.2 Å². The molecule has 0 aromatic heterocycles. The molecule has 1 aliphatic rings. The van der Waals surface area contributed by atoms with Crippen molar-refractivity contribution in [3.8, 4) is 5.75 Å². The highest BCUT2D eigenvalue weighted by molar-refractivity contribution is 6.46. The Labute approximate surface area is 165 Å². The van der Waals surface area contributed by atoms with E-state index in [1.54, 1.807) is 31.3 Å². The van der Waals surface area contributed by atoms with Crippen LogP contribution in [-0.4, -0.2) is 35.4 Å². The summed E-state index contributed by atoms with van der Waals surface area (Å²) < 4.78 is 5.66. The molecule has 1 unspecified atom stereocenters. The van der Waals surface area contributed by atoms with E-state index in [-0.39, 0.29) is 11.3 Å². The lowest BCUT2D eigenvalue weighted by Crippen LogP contribution is -2.24. The van der Waals surface area contributed by atoms with E-state index >= 15 is 0 Å². The highest BCUT2D eigenvalue weighted by Gasteiger charge is 2.44. The molecule has 5 nitrogen and oxygen atoms in total. The second-order valence-corrected chi connectivity index (χ2v) is 7.55. The first-order valence-electron chi connectivity index (χ1n) is 9.34. The second kappa shape index (κ2) is 7.89. The van der Waals surface area contributed by atoms with E-state index in [0.29, 0.717) is 23.8 Å². The van der Waals surface area contributed by atoms with Gasteiger partial charge in [0.1, 0.15) is 11.5 Å². The summed E-state index contributed by atoms with van der Waals surface area (Å²) in [4.78, 5) is 26.3. The topological polar surface area (TPSA) is 66.8 Å². The first-order chi connectivity index (χ1) is 13.3. The van der Waals surface area contributed by atoms with Crippen molar-refractivity contribution in [2.45, 2.75) is 26.8 Å². The fourth-order valence-electron chi connectivity index (χ4n) is 3.21. The standard InChI is InChI=1S/C23H25NO4/c1-14(2)13-28-18-11-9-17(10-12-18)21(25)19-20(24(4)23(27)22(19)26)16-7-5-15(3)6-8-16/h5-12,14,20,25H,13H2,1-4H3. The lowest BCUT2D eigenvalue weighted by Gasteiger charge is -2.21. The monoisotopic (exact) mass is 379 g/mol. The molecule has 2 aromatic carbocycles. The number of likely N-dealkylation sites (tertiary alicyclic amines) is 1. The molecule has 0 saturated carbocycles. The maximum Gasteiger partial charge on any atom is 0.295 e. The molecule has 0 aliphatic carbocycles. The summed E-state index contributed by atoms with van der Waals surface area (Å²) in [5.41, 5.74) is 2.44. The Bertz CT molecular complexity index is 911. The normalized spacial score (nSPS) is 18.8. The molecule has 1 saturated heterocycles. The van der Waals surface area contributed by atoms with Crippen molar-refractivity contribution < 1.29 is 19.4 Å². The maximum atomic E-state index is 12.6. The van der Waals surface area contributed by atoms with Crippen molar-refractivity contribution in [1.82, 2.24) is 4.90 Å². The fourth-order valence-corrected chi connectivity index (χ4v) is 3.21. The van der Waals surface area contributed by atoms with Gasteiger partial charge in [-0.15, -0.1) is 0 Å². The number of ketones is 1. The predicted molar refractivity (Wildman–Crippen MR) is 108 cm³/mol. The van der Waals surface area contributed by atoms with Gasteiger partial charge in [0.2, 0.25) is 0 Å². The predicted octanol–water partition coefficient (Wildman–Crippen LogP) is 4.08. The van der Waals surface area contributed by atoms with Crippen molar-refractivity contribution in [3.05, 3.63) is 70.8 Å². The van der Waals surface area contributed by atoms with Gasteiger partial charge in [0, 0.05) is 12.6 Å². The molecule has 1 fully saturated rings. The Morgan fingerprint density at radius 3 is 2.25 bits per heavy atom. The van der Waals surface area contributed by atoms with Crippen LogP contribution in [-0.2, 0) is 9.59 Å². The Kier molecular flexibility index (Phi) is 5.54. The van der Waals surface area contributed by atoms with Crippen LogP contribution in [0.3, 0.4) is 0 Å². The van der Waals surface area contributed by atoms with Gasteiger partial charge in [-0.1, -0.05) is 43.7 Å². The Balaban J connectivity index is 1.99. The van der Waals surface area contributed by atoms with Gasteiger partial charge in [0.15, 0.2) is 0 Å². The van der Waals surface area contributed by atoms with Crippen LogP contribution in [0.1, 0.15) is 36.6 Å². The third-order valence-corrected chi connectivity index (χ3v) is 4.78. The summed E-state index contributed by atoms with van der Waals surface area (Å²) in [5, 5.41) is 10.9. The lowest BCUT2D eigenvalue weighted by molar-refractivity contribution is -0.139. The number of aliphatic hydroxyl groups excluding tert-OH is 1. The van der Waals surface area contributed by atoms with Gasteiger partial charge in [-0.25, -0.2) is 0 Å². The average Bonchev–Trinajstić information content (AvgIpc) is 2.91. The molecule has 1 aliphatic heterocycles. The number of ether oxygens (including phenoxy) is 1. The van der Waals surface area contributed by atoms with Crippen LogP contribution in [0, 0.1) is 12.8 Å². The lowest BCUT2D eigenvalue weighted by atomic mass is 9.95. The molecule has 1 amide bonds. The Hall–Kier alpha value is -3.08. The molecule has 1 atom stereocenters. The zero-order chi connectivity index (χ0) is 20.4. The molecule has 3 rings (SSSR count). The minimum Gasteiger partial charge on any atom is -0.507 e. The first kappa shape index (κ1) is 19.7. The largest absolute Gasteiger partial charge is 0.507 e. The van der Waals surface area contributed by atoms with Crippen LogP contribution in [0.2, 0.25) is 0 Å².